The minimum atomic E-state index is -3.84. The predicted octanol–water partition coefficient (Wildman–Crippen LogP) is 3.50. The summed E-state index contributed by atoms with van der Waals surface area (Å²) >= 11 is 17.7. The van der Waals surface area contributed by atoms with Crippen LogP contribution in [0.3, 0.4) is 0 Å². The molecule has 0 radical (unpaired) electrons. The standard InChI is InChI=1S/C11H9Cl3N2O3S/c12-7-3-9(14)10(4-8(7)13)16-5-6-1-2-11(19-6)20(15,17)18/h1-4,16H,5H2,(H2,15,17,18). The fourth-order valence-corrected chi connectivity index (χ4v) is 2.54. The second-order valence-corrected chi connectivity index (χ2v) is 6.58. The third kappa shape index (κ3) is 3.59. The van der Waals surface area contributed by atoms with Crippen LogP contribution in [0.2, 0.25) is 15.1 Å². The van der Waals surface area contributed by atoms with Crippen LogP contribution >= 0.6 is 34.8 Å². The number of anilines is 1. The van der Waals surface area contributed by atoms with Crippen molar-refractivity contribution in [3.8, 4) is 0 Å². The Bertz CT molecular complexity index is 743. The molecule has 0 aliphatic rings. The maximum Gasteiger partial charge on any atom is 0.271 e. The first kappa shape index (κ1) is 15.5. The predicted molar refractivity (Wildman–Crippen MR) is 78.9 cm³/mol. The van der Waals surface area contributed by atoms with Crippen LogP contribution in [0.4, 0.5) is 5.69 Å². The fourth-order valence-electron chi connectivity index (χ4n) is 1.45. The van der Waals surface area contributed by atoms with E-state index in [0.717, 1.165) is 0 Å². The van der Waals surface area contributed by atoms with Gasteiger partial charge in [-0.2, -0.15) is 0 Å². The third-order valence-corrected chi connectivity index (χ3v) is 4.20. The van der Waals surface area contributed by atoms with Gasteiger partial charge >= 0.3 is 0 Å². The van der Waals surface area contributed by atoms with Crippen LogP contribution in [0.1, 0.15) is 5.76 Å². The number of nitrogens with two attached hydrogens (primary N) is 1. The van der Waals surface area contributed by atoms with E-state index in [1.54, 1.807) is 6.07 Å². The van der Waals surface area contributed by atoms with Crippen molar-refractivity contribution < 1.29 is 12.8 Å². The molecular weight excluding hydrogens is 347 g/mol. The first-order chi connectivity index (χ1) is 9.27. The van der Waals surface area contributed by atoms with Gasteiger partial charge in [0.25, 0.3) is 10.0 Å². The Morgan fingerprint density at radius 3 is 2.35 bits per heavy atom. The van der Waals surface area contributed by atoms with Gasteiger partial charge in [-0.25, -0.2) is 13.6 Å². The minimum Gasteiger partial charge on any atom is -0.446 e. The molecule has 108 valence electrons. The lowest BCUT2D eigenvalue weighted by atomic mass is 10.3. The Hall–Kier alpha value is -0.920. The van der Waals surface area contributed by atoms with Gasteiger partial charge in [0.05, 0.1) is 27.3 Å². The summed E-state index contributed by atoms with van der Waals surface area (Å²) < 4.78 is 27.2. The topological polar surface area (TPSA) is 85.3 Å². The van der Waals surface area contributed by atoms with E-state index in [0.29, 0.717) is 26.5 Å². The molecule has 9 heteroatoms. The highest BCUT2D eigenvalue weighted by Gasteiger charge is 2.13. The molecule has 1 aromatic carbocycles. The second kappa shape index (κ2) is 5.83. The average Bonchev–Trinajstić information content (AvgIpc) is 2.80. The molecule has 0 unspecified atom stereocenters. The summed E-state index contributed by atoms with van der Waals surface area (Å²) in [6.45, 7) is 0.215. The van der Waals surface area contributed by atoms with E-state index >= 15 is 0 Å². The number of rotatable bonds is 4. The number of primary sulfonamides is 1. The molecule has 0 aliphatic carbocycles. The van der Waals surface area contributed by atoms with Crippen molar-refractivity contribution in [2.75, 3.05) is 5.32 Å². The van der Waals surface area contributed by atoms with Gasteiger partial charge in [-0.1, -0.05) is 34.8 Å². The number of hydrogen-bond donors (Lipinski definition) is 2. The Morgan fingerprint density at radius 2 is 1.75 bits per heavy atom. The number of benzene rings is 1. The Labute approximate surface area is 130 Å². The van der Waals surface area contributed by atoms with Crippen molar-refractivity contribution >= 4 is 50.5 Å². The molecule has 0 fully saturated rings. The highest BCUT2D eigenvalue weighted by atomic mass is 35.5. The molecule has 0 aliphatic heterocycles. The largest absolute Gasteiger partial charge is 0.446 e. The lowest BCUT2D eigenvalue weighted by Crippen LogP contribution is -2.10. The maximum absolute atomic E-state index is 11.1. The fraction of sp³-hybridized carbons (Fsp3) is 0.0909. The molecule has 0 atom stereocenters. The number of nitrogens with one attached hydrogen (secondary N) is 1. The number of furan rings is 1. The number of sulfonamides is 1. The SMILES string of the molecule is NS(=O)(=O)c1ccc(CNc2cc(Cl)c(Cl)cc2Cl)o1. The molecule has 0 amide bonds. The highest BCUT2D eigenvalue weighted by Crippen LogP contribution is 2.32. The molecule has 3 N–H and O–H groups in total. The average molecular weight is 356 g/mol. The quantitative estimate of drug-likeness (QED) is 0.822. The van der Waals surface area contributed by atoms with Crippen LogP contribution in [0.25, 0.3) is 0 Å². The normalized spacial score (nSPS) is 11.6. The summed E-state index contributed by atoms with van der Waals surface area (Å²) in [5.74, 6) is 0.385. The zero-order valence-corrected chi connectivity index (χ0v) is 12.9. The van der Waals surface area contributed by atoms with Gasteiger partial charge in [-0.3, -0.25) is 0 Å². The molecule has 1 aromatic heterocycles. The van der Waals surface area contributed by atoms with Gasteiger partial charge in [0, 0.05) is 0 Å². The van der Waals surface area contributed by atoms with Crippen molar-refractivity contribution in [1.82, 2.24) is 0 Å². The summed E-state index contributed by atoms with van der Waals surface area (Å²) in [5.41, 5.74) is 0.551. The molecule has 2 aromatic rings. The zero-order valence-electron chi connectivity index (χ0n) is 9.86. The van der Waals surface area contributed by atoms with Gasteiger partial charge in [0.1, 0.15) is 5.76 Å². The van der Waals surface area contributed by atoms with Gasteiger partial charge < -0.3 is 9.73 Å². The van der Waals surface area contributed by atoms with Crippen LogP contribution in [0.5, 0.6) is 0 Å². The van der Waals surface area contributed by atoms with Gasteiger partial charge in [-0.15, -0.1) is 0 Å². The molecular formula is C11H9Cl3N2O3S. The first-order valence-corrected chi connectivity index (χ1v) is 7.95. The van der Waals surface area contributed by atoms with Crippen molar-refractivity contribution in [2.45, 2.75) is 11.6 Å². The Morgan fingerprint density at radius 1 is 1.10 bits per heavy atom. The molecule has 0 saturated carbocycles. The summed E-state index contributed by atoms with van der Waals surface area (Å²) in [5, 5.41) is 8.68. The van der Waals surface area contributed by atoms with E-state index in [9.17, 15) is 8.42 Å². The third-order valence-electron chi connectivity index (χ3n) is 2.38. The van der Waals surface area contributed by atoms with Crippen LogP contribution in [0, 0.1) is 0 Å². The van der Waals surface area contributed by atoms with E-state index in [2.05, 4.69) is 5.32 Å². The highest BCUT2D eigenvalue weighted by molar-refractivity contribution is 7.89. The minimum absolute atomic E-state index is 0.215. The molecule has 20 heavy (non-hydrogen) atoms. The smallest absolute Gasteiger partial charge is 0.271 e. The van der Waals surface area contributed by atoms with Crippen molar-refractivity contribution in [2.24, 2.45) is 5.14 Å². The second-order valence-electron chi connectivity index (χ2n) is 3.87. The van der Waals surface area contributed by atoms with Gasteiger partial charge in [-0.05, 0) is 24.3 Å². The van der Waals surface area contributed by atoms with E-state index < -0.39 is 10.0 Å². The van der Waals surface area contributed by atoms with Crippen molar-refractivity contribution in [1.29, 1.82) is 0 Å². The summed E-state index contributed by atoms with van der Waals surface area (Å²) in [6, 6.07) is 5.85. The molecule has 0 saturated heterocycles. The van der Waals surface area contributed by atoms with Crippen molar-refractivity contribution in [3.63, 3.8) is 0 Å². The summed E-state index contributed by atoms with van der Waals surface area (Å²) in [4.78, 5) is 0. The Kier molecular flexibility index (Phi) is 4.51. The van der Waals surface area contributed by atoms with E-state index in [1.807, 2.05) is 0 Å². The van der Waals surface area contributed by atoms with Crippen LogP contribution in [0.15, 0.2) is 33.8 Å². The first-order valence-electron chi connectivity index (χ1n) is 5.27. The summed E-state index contributed by atoms with van der Waals surface area (Å²) in [7, 11) is -3.84. The van der Waals surface area contributed by atoms with Gasteiger partial charge in [0.2, 0.25) is 5.09 Å². The number of halogens is 3. The molecule has 5 nitrogen and oxygen atoms in total. The Balaban J connectivity index is 2.13. The number of hydrogen-bond acceptors (Lipinski definition) is 4. The van der Waals surface area contributed by atoms with Crippen LogP contribution < -0.4 is 10.5 Å². The van der Waals surface area contributed by atoms with Crippen LogP contribution in [-0.2, 0) is 16.6 Å². The maximum atomic E-state index is 11.1. The molecule has 2 rings (SSSR count). The van der Waals surface area contributed by atoms with E-state index in [-0.39, 0.29) is 11.6 Å². The van der Waals surface area contributed by atoms with E-state index in [4.69, 9.17) is 44.4 Å². The summed E-state index contributed by atoms with van der Waals surface area (Å²) in [6.07, 6.45) is 0. The monoisotopic (exact) mass is 354 g/mol. The van der Waals surface area contributed by atoms with Crippen molar-refractivity contribution in [3.05, 3.63) is 45.1 Å². The van der Waals surface area contributed by atoms with Gasteiger partial charge in [0.15, 0.2) is 0 Å². The molecule has 1 heterocycles. The molecule has 0 bridgehead atoms. The lowest BCUT2D eigenvalue weighted by molar-refractivity contribution is 0.419. The molecule has 0 spiro atoms. The lowest BCUT2D eigenvalue weighted by Gasteiger charge is -2.08. The van der Waals surface area contributed by atoms with Crippen LogP contribution in [-0.4, -0.2) is 8.42 Å². The zero-order chi connectivity index (χ0) is 14.9. The van der Waals surface area contributed by atoms with E-state index in [1.165, 1.54) is 18.2 Å².